The predicted molar refractivity (Wildman–Crippen MR) is 52.7 cm³/mol. The van der Waals surface area contributed by atoms with E-state index in [2.05, 4.69) is 11.9 Å². The van der Waals surface area contributed by atoms with E-state index in [-0.39, 0.29) is 12.1 Å². The summed E-state index contributed by atoms with van der Waals surface area (Å²) < 4.78 is 24.5. The zero-order valence-corrected chi connectivity index (χ0v) is 8.84. The van der Waals surface area contributed by atoms with Gasteiger partial charge in [-0.3, -0.25) is 0 Å². The van der Waals surface area contributed by atoms with Crippen LogP contribution in [0.1, 0.15) is 13.8 Å². The van der Waals surface area contributed by atoms with E-state index in [1.165, 1.54) is 4.31 Å². The van der Waals surface area contributed by atoms with Gasteiger partial charge in [-0.15, -0.1) is 0 Å². The average molecular weight is 204 g/mol. The Labute approximate surface area is 79.7 Å². The first-order valence-electron chi connectivity index (χ1n) is 4.35. The lowest BCUT2D eigenvalue weighted by Gasteiger charge is -2.35. The molecule has 0 aromatic heterocycles. The number of nitrogens with one attached hydrogen (secondary N) is 1. The van der Waals surface area contributed by atoms with Crippen molar-refractivity contribution in [3.8, 4) is 0 Å². The van der Waals surface area contributed by atoms with Crippen LogP contribution in [0.3, 0.4) is 0 Å². The molecule has 1 aliphatic rings. The van der Waals surface area contributed by atoms with Gasteiger partial charge in [-0.05, 0) is 13.8 Å². The van der Waals surface area contributed by atoms with Crippen LogP contribution in [0.2, 0.25) is 0 Å². The largest absolute Gasteiger partial charge is 0.311 e. The Bertz CT molecular complexity index is 287. The van der Waals surface area contributed by atoms with Crippen LogP contribution in [0.4, 0.5) is 0 Å². The van der Waals surface area contributed by atoms with Gasteiger partial charge in [0.1, 0.15) is 0 Å². The first kappa shape index (κ1) is 10.7. The number of piperazine rings is 1. The summed E-state index contributed by atoms with van der Waals surface area (Å²) in [6, 6.07) is 0.227. The van der Waals surface area contributed by atoms with Crippen LogP contribution >= 0.6 is 0 Å². The highest BCUT2D eigenvalue weighted by molar-refractivity contribution is 7.92. The van der Waals surface area contributed by atoms with Crippen molar-refractivity contribution in [3.05, 3.63) is 12.0 Å². The topological polar surface area (TPSA) is 49.4 Å². The van der Waals surface area contributed by atoms with Gasteiger partial charge in [0.15, 0.2) is 0 Å². The lowest BCUT2D eigenvalue weighted by Crippen LogP contribution is -2.55. The predicted octanol–water partition coefficient (Wildman–Crippen LogP) is 0.142. The molecule has 0 radical (unpaired) electrons. The molecule has 0 saturated carbocycles. The van der Waals surface area contributed by atoms with E-state index >= 15 is 0 Å². The van der Waals surface area contributed by atoms with E-state index in [1.54, 1.807) is 0 Å². The highest BCUT2D eigenvalue weighted by Gasteiger charge is 2.29. The monoisotopic (exact) mass is 204 g/mol. The van der Waals surface area contributed by atoms with Crippen molar-refractivity contribution in [2.45, 2.75) is 25.9 Å². The van der Waals surface area contributed by atoms with E-state index in [1.807, 2.05) is 13.8 Å². The molecule has 76 valence electrons. The minimum atomic E-state index is -3.25. The van der Waals surface area contributed by atoms with Gasteiger partial charge < -0.3 is 5.32 Å². The molecular formula is C8H16N2O2S. The first-order chi connectivity index (χ1) is 5.97. The highest BCUT2D eigenvalue weighted by Crippen LogP contribution is 2.12. The van der Waals surface area contributed by atoms with Gasteiger partial charge in [0, 0.05) is 30.6 Å². The van der Waals surface area contributed by atoms with Crippen LogP contribution in [0, 0.1) is 0 Å². The van der Waals surface area contributed by atoms with Crippen molar-refractivity contribution in [1.82, 2.24) is 9.62 Å². The van der Waals surface area contributed by atoms with Crippen LogP contribution in [0.15, 0.2) is 12.0 Å². The van der Waals surface area contributed by atoms with Crippen LogP contribution in [-0.2, 0) is 10.0 Å². The summed E-state index contributed by atoms with van der Waals surface area (Å²) in [6.45, 7) is 8.40. The summed E-state index contributed by atoms with van der Waals surface area (Å²) in [6.07, 6.45) is 0. The second-order valence-electron chi connectivity index (χ2n) is 3.44. The van der Waals surface area contributed by atoms with Gasteiger partial charge in [-0.25, -0.2) is 8.42 Å². The van der Waals surface area contributed by atoms with Gasteiger partial charge in [-0.1, -0.05) is 6.58 Å². The molecule has 0 spiro atoms. The van der Waals surface area contributed by atoms with E-state index in [4.69, 9.17) is 0 Å². The number of hydrogen-bond donors (Lipinski definition) is 1. The molecule has 0 unspecified atom stereocenters. The van der Waals surface area contributed by atoms with E-state index in [9.17, 15) is 8.42 Å². The summed E-state index contributed by atoms with van der Waals surface area (Å²) in [4.78, 5) is 0. The Morgan fingerprint density at radius 2 is 2.15 bits per heavy atom. The number of sulfonamides is 1. The van der Waals surface area contributed by atoms with Crippen LogP contribution in [0.5, 0.6) is 0 Å². The molecule has 0 amide bonds. The zero-order chi connectivity index (χ0) is 10.1. The molecule has 1 rings (SSSR count). The standard InChI is InChI=1S/C8H16N2O2S/c1-4-13(11,12)10-6-7(2)9-5-8(10)3/h4,7-9H,1,5-6H2,2-3H3/t7-,8+/m0/s1. The second-order valence-corrected chi connectivity index (χ2v) is 5.27. The molecule has 1 N–H and O–H groups in total. The lowest BCUT2D eigenvalue weighted by molar-refractivity contribution is 0.247. The molecule has 0 aromatic rings. The fourth-order valence-electron chi connectivity index (χ4n) is 1.44. The van der Waals surface area contributed by atoms with Crippen molar-refractivity contribution in [1.29, 1.82) is 0 Å². The summed E-state index contributed by atoms with van der Waals surface area (Å²) >= 11 is 0. The summed E-state index contributed by atoms with van der Waals surface area (Å²) in [5.74, 6) is 0. The highest BCUT2D eigenvalue weighted by atomic mass is 32.2. The van der Waals surface area contributed by atoms with Crippen LogP contribution < -0.4 is 5.32 Å². The molecule has 0 aromatic carbocycles. The van der Waals surface area contributed by atoms with Crippen molar-refractivity contribution < 1.29 is 8.42 Å². The molecule has 13 heavy (non-hydrogen) atoms. The Morgan fingerprint density at radius 3 is 2.69 bits per heavy atom. The van der Waals surface area contributed by atoms with E-state index < -0.39 is 10.0 Å². The summed E-state index contributed by atoms with van der Waals surface area (Å²) in [7, 11) is -3.25. The summed E-state index contributed by atoms with van der Waals surface area (Å²) in [5.41, 5.74) is 0. The van der Waals surface area contributed by atoms with Gasteiger partial charge in [0.2, 0.25) is 10.0 Å². The molecule has 1 saturated heterocycles. The SMILES string of the molecule is C=CS(=O)(=O)N1C[C@H](C)NC[C@H]1C. The van der Waals surface area contributed by atoms with Gasteiger partial charge >= 0.3 is 0 Å². The quantitative estimate of drug-likeness (QED) is 0.696. The Morgan fingerprint density at radius 1 is 1.54 bits per heavy atom. The fraction of sp³-hybridized carbons (Fsp3) is 0.750. The van der Waals surface area contributed by atoms with Crippen molar-refractivity contribution in [2.24, 2.45) is 0 Å². The first-order valence-corrected chi connectivity index (χ1v) is 5.85. The molecule has 0 aliphatic carbocycles. The van der Waals surface area contributed by atoms with Crippen molar-refractivity contribution in [3.63, 3.8) is 0 Å². The summed E-state index contributed by atoms with van der Waals surface area (Å²) in [5, 5.41) is 4.23. The normalized spacial score (nSPS) is 31.5. The number of nitrogens with zero attached hydrogens (tertiary/aromatic N) is 1. The van der Waals surface area contributed by atoms with Gasteiger partial charge in [-0.2, -0.15) is 4.31 Å². The maximum atomic E-state index is 11.5. The molecule has 2 atom stereocenters. The number of rotatable bonds is 2. The lowest BCUT2D eigenvalue weighted by atomic mass is 10.2. The third-order valence-electron chi connectivity index (χ3n) is 2.24. The smallest absolute Gasteiger partial charge is 0.235 e. The minimum Gasteiger partial charge on any atom is -0.311 e. The third-order valence-corrected chi connectivity index (χ3v) is 3.83. The average Bonchev–Trinajstić information content (AvgIpc) is 2.09. The van der Waals surface area contributed by atoms with Crippen LogP contribution in [-0.4, -0.2) is 37.9 Å². The van der Waals surface area contributed by atoms with E-state index in [0.29, 0.717) is 13.1 Å². The molecule has 1 aliphatic heterocycles. The minimum absolute atomic E-state index is 0.0131. The third kappa shape index (κ3) is 2.30. The molecule has 4 nitrogen and oxygen atoms in total. The van der Waals surface area contributed by atoms with Crippen LogP contribution in [0.25, 0.3) is 0 Å². The Kier molecular flexibility index (Phi) is 3.10. The van der Waals surface area contributed by atoms with E-state index in [0.717, 1.165) is 5.41 Å². The maximum Gasteiger partial charge on any atom is 0.235 e. The maximum absolute atomic E-state index is 11.5. The van der Waals surface area contributed by atoms with Gasteiger partial charge in [0.05, 0.1) is 0 Å². The Balaban J connectivity index is 2.83. The molecular weight excluding hydrogens is 188 g/mol. The number of hydrogen-bond acceptors (Lipinski definition) is 3. The molecule has 1 heterocycles. The molecule has 5 heteroatoms. The molecule has 1 fully saturated rings. The van der Waals surface area contributed by atoms with Gasteiger partial charge in [0.25, 0.3) is 0 Å². The van der Waals surface area contributed by atoms with Crippen molar-refractivity contribution in [2.75, 3.05) is 13.1 Å². The Hall–Kier alpha value is -0.390. The van der Waals surface area contributed by atoms with Crippen molar-refractivity contribution >= 4 is 10.0 Å². The molecule has 0 bridgehead atoms. The fourth-order valence-corrected chi connectivity index (χ4v) is 2.64. The second kappa shape index (κ2) is 3.77. The zero-order valence-electron chi connectivity index (χ0n) is 8.03.